The minimum atomic E-state index is -3.66. The average Bonchev–Trinajstić information content (AvgIpc) is 3.31. The smallest absolute Gasteiger partial charge is 0.243 e. The molecule has 44 heavy (non-hydrogen) atoms. The zero-order chi connectivity index (χ0) is 33.8. The van der Waals surface area contributed by atoms with Gasteiger partial charge in [-0.15, -0.1) is 11.3 Å². The lowest BCUT2D eigenvalue weighted by Crippen LogP contribution is -2.55. The van der Waals surface area contributed by atoms with E-state index in [4.69, 9.17) is 0 Å². The van der Waals surface area contributed by atoms with Crippen LogP contribution in [0.15, 0.2) is 5.38 Å². The van der Waals surface area contributed by atoms with Gasteiger partial charge in [0, 0.05) is 42.6 Å². The number of aromatic nitrogens is 1. The quantitative estimate of drug-likeness (QED) is 0.149. The lowest BCUT2D eigenvalue weighted by molar-refractivity contribution is -0.132. The Hall–Kier alpha value is -2.58. The first-order chi connectivity index (χ1) is 20.3. The minimum Gasteiger partial charge on any atom is -0.391 e. The standard InChI is InChI=1S/C30H53N5O7S2/c1-17(2)12-22(24(36)13-20(7)28(38)35-27(19(5)6)30(40)31-14-18(3)4)34-29(39)23(16-44(9,41)42)33-25(37)10-11-26-32-21(8)15-43-26/h15,17-20,22-24,27,36H,10-14,16H2,1-9H3,(H,31,40)(H,33,37)(H,34,39)(H,35,38)/t20-,22-,23+,24+,27-/m1/s1. The number of aryl methyl sites for hydroxylation is 2. The van der Waals surface area contributed by atoms with Gasteiger partial charge >= 0.3 is 0 Å². The van der Waals surface area contributed by atoms with Crippen molar-refractivity contribution in [1.82, 2.24) is 26.3 Å². The summed E-state index contributed by atoms with van der Waals surface area (Å²) in [5.74, 6) is -3.10. The van der Waals surface area contributed by atoms with E-state index in [-0.39, 0.29) is 36.5 Å². The molecule has 0 fully saturated rings. The third-order valence-corrected chi connectivity index (χ3v) is 8.81. The number of nitrogens with one attached hydrogen (secondary N) is 4. The van der Waals surface area contributed by atoms with E-state index in [1.807, 2.05) is 53.8 Å². The van der Waals surface area contributed by atoms with Gasteiger partial charge in [0.1, 0.15) is 21.9 Å². The number of aliphatic hydroxyl groups is 1. The summed E-state index contributed by atoms with van der Waals surface area (Å²) in [5.41, 5.74) is 0.841. The van der Waals surface area contributed by atoms with Crippen LogP contribution < -0.4 is 21.3 Å². The van der Waals surface area contributed by atoms with Crippen LogP contribution in [0.4, 0.5) is 0 Å². The maximum Gasteiger partial charge on any atom is 0.243 e. The summed E-state index contributed by atoms with van der Waals surface area (Å²) >= 11 is 1.42. The van der Waals surface area contributed by atoms with Gasteiger partial charge in [-0.25, -0.2) is 13.4 Å². The molecule has 1 aromatic heterocycles. The summed E-state index contributed by atoms with van der Waals surface area (Å²) in [6.45, 7) is 15.4. The fraction of sp³-hybridized carbons (Fsp3) is 0.767. The number of rotatable bonds is 19. The number of hydrogen-bond donors (Lipinski definition) is 5. The maximum absolute atomic E-state index is 13.3. The molecule has 0 spiro atoms. The second-order valence-corrected chi connectivity index (χ2v) is 16.0. The van der Waals surface area contributed by atoms with Crippen molar-refractivity contribution in [2.24, 2.45) is 23.7 Å². The first-order valence-electron chi connectivity index (χ1n) is 15.2. The summed E-state index contributed by atoms with van der Waals surface area (Å²) in [4.78, 5) is 56.0. The molecule has 0 aliphatic carbocycles. The van der Waals surface area contributed by atoms with Crippen LogP contribution in [0.2, 0.25) is 0 Å². The molecule has 0 aromatic carbocycles. The number of sulfone groups is 1. The highest BCUT2D eigenvalue weighted by atomic mass is 32.2. The highest BCUT2D eigenvalue weighted by Crippen LogP contribution is 2.17. The van der Waals surface area contributed by atoms with Gasteiger partial charge in [0.05, 0.1) is 22.9 Å². The Morgan fingerprint density at radius 1 is 0.909 bits per heavy atom. The van der Waals surface area contributed by atoms with E-state index in [2.05, 4.69) is 26.3 Å². The Balaban J connectivity index is 2.95. The van der Waals surface area contributed by atoms with E-state index in [1.165, 1.54) is 11.3 Å². The van der Waals surface area contributed by atoms with Crippen LogP contribution in [-0.4, -0.2) is 84.9 Å². The van der Waals surface area contributed by atoms with Crippen molar-refractivity contribution < 1.29 is 32.7 Å². The molecule has 12 nitrogen and oxygen atoms in total. The molecule has 5 N–H and O–H groups in total. The van der Waals surface area contributed by atoms with Crippen molar-refractivity contribution in [3.63, 3.8) is 0 Å². The number of thiazole rings is 1. The Labute approximate surface area is 266 Å². The first kappa shape index (κ1) is 39.4. The van der Waals surface area contributed by atoms with E-state index < -0.39 is 63.5 Å². The Bertz CT molecular complexity index is 1200. The molecular formula is C30H53N5O7S2. The third kappa shape index (κ3) is 15.4. The Morgan fingerprint density at radius 3 is 2.05 bits per heavy atom. The predicted molar refractivity (Wildman–Crippen MR) is 173 cm³/mol. The molecule has 1 heterocycles. The van der Waals surface area contributed by atoms with Gasteiger partial charge in [-0.1, -0.05) is 48.5 Å². The number of aliphatic hydroxyl groups excluding tert-OH is 1. The van der Waals surface area contributed by atoms with Crippen LogP contribution in [0.5, 0.6) is 0 Å². The summed E-state index contributed by atoms with van der Waals surface area (Å²) < 4.78 is 24.2. The van der Waals surface area contributed by atoms with Crippen LogP contribution in [-0.2, 0) is 35.4 Å². The van der Waals surface area contributed by atoms with E-state index in [1.54, 1.807) is 6.92 Å². The number of carbonyl (C=O) groups is 4. The van der Waals surface area contributed by atoms with Crippen LogP contribution >= 0.6 is 11.3 Å². The molecule has 5 atom stereocenters. The van der Waals surface area contributed by atoms with Gasteiger partial charge in [-0.2, -0.15) is 0 Å². The molecule has 0 saturated carbocycles. The zero-order valence-electron chi connectivity index (χ0n) is 27.6. The fourth-order valence-electron chi connectivity index (χ4n) is 4.47. The number of amides is 4. The SMILES string of the molecule is Cc1csc(CCC(=O)N[C@@H](CS(C)(=O)=O)C(=O)N[C@H](CC(C)C)[C@@H](O)C[C@@H](C)C(=O)N[C@@H](C(=O)NCC(C)C)C(C)C)n1. The van der Waals surface area contributed by atoms with Gasteiger partial charge < -0.3 is 26.4 Å². The molecule has 1 aromatic rings. The first-order valence-corrected chi connectivity index (χ1v) is 18.2. The van der Waals surface area contributed by atoms with E-state index in [9.17, 15) is 32.7 Å². The Morgan fingerprint density at radius 2 is 1.55 bits per heavy atom. The normalized spacial score (nSPS) is 15.4. The molecule has 0 unspecified atom stereocenters. The van der Waals surface area contributed by atoms with Crippen LogP contribution in [0.25, 0.3) is 0 Å². The Kier molecular flexibility index (Phi) is 16.5. The van der Waals surface area contributed by atoms with Crippen molar-refractivity contribution >= 4 is 44.8 Å². The van der Waals surface area contributed by atoms with Crippen molar-refractivity contribution in [3.8, 4) is 0 Å². The van der Waals surface area contributed by atoms with Gasteiger partial charge in [0.15, 0.2) is 0 Å². The molecule has 0 aliphatic rings. The molecule has 0 bridgehead atoms. The van der Waals surface area contributed by atoms with Gasteiger partial charge in [0.2, 0.25) is 23.6 Å². The summed E-state index contributed by atoms with van der Waals surface area (Å²) in [5, 5.41) is 24.7. The molecule has 14 heteroatoms. The van der Waals surface area contributed by atoms with Crippen molar-refractivity contribution in [1.29, 1.82) is 0 Å². The van der Waals surface area contributed by atoms with Gasteiger partial charge in [0.25, 0.3) is 0 Å². The van der Waals surface area contributed by atoms with Crippen molar-refractivity contribution in [2.75, 3.05) is 18.6 Å². The van der Waals surface area contributed by atoms with Crippen LogP contribution in [0.1, 0.15) is 78.4 Å². The molecule has 0 saturated heterocycles. The van der Waals surface area contributed by atoms with E-state index in [0.29, 0.717) is 19.4 Å². The highest BCUT2D eigenvalue weighted by molar-refractivity contribution is 7.90. The molecule has 4 amide bonds. The number of hydrogen-bond acceptors (Lipinski definition) is 9. The van der Waals surface area contributed by atoms with Crippen molar-refractivity contribution in [2.45, 2.75) is 105 Å². The largest absolute Gasteiger partial charge is 0.391 e. The predicted octanol–water partition coefficient (Wildman–Crippen LogP) is 1.74. The van der Waals surface area contributed by atoms with Crippen molar-refractivity contribution in [3.05, 3.63) is 16.1 Å². The topological polar surface area (TPSA) is 184 Å². The molecule has 1 rings (SSSR count). The molecule has 0 aliphatic heterocycles. The lowest BCUT2D eigenvalue weighted by atomic mass is 9.91. The van der Waals surface area contributed by atoms with E-state index in [0.717, 1.165) is 17.0 Å². The fourth-order valence-corrected chi connectivity index (χ4v) is 6.09. The number of carbonyl (C=O) groups excluding carboxylic acids is 4. The highest BCUT2D eigenvalue weighted by Gasteiger charge is 2.32. The summed E-state index contributed by atoms with van der Waals surface area (Å²) in [6, 6.07) is -2.92. The van der Waals surface area contributed by atoms with Crippen LogP contribution in [0, 0.1) is 30.6 Å². The summed E-state index contributed by atoms with van der Waals surface area (Å²) in [6.07, 6.45) is 0.527. The monoisotopic (exact) mass is 659 g/mol. The molecule has 252 valence electrons. The van der Waals surface area contributed by atoms with Crippen LogP contribution in [0.3, 0.4) is 0 Å². The second-order valence-electron chi connectivity index (χ2n) is 12.9. The lowest BCUT2D eigenvalue weighted by Gasteiger charge is -2.30. The van der Waals surface area contributed by atoms with Gasteiger partial charge in [-0.3, -0.25) is 19.2 Å². The molecular weight excluding hydrogens is 606 g/mol. The third-order valence-electron chi connectivity index (χ3n) is 6.85. The number of nitrogens with zero attached hydrogens (tertiary/aromatic N) is 1. The second kappa shape index (κ2) is 18.4. The maximum atomic E-state index is 13.3. The minimum absolute atomic E-state index is 0.0156. The molecule has 0 radical (unpaired) electrons. The van der Waals surface area contributed by atoms with Gasteiger partial charge in [-0.05, 0) is 37.5 Å². The zero-order valence-corrected chi connectivity index (χ0v) is 29.2. The average molecular weight is 660 g/mol. The van der Waals surface area contributed by atoms with E-state index >= 15 is 0 Å². The summed E-state index contributed by atoms with van der Waals surface area (Å²) in [7, 11) is -3.66.